The molecule has 0 unspecified atom stereocenters. The summed E-state index contributed by atoms with van der Waals surface area (Å²) in [4.78, 5) is 12.6. The van der Waals surface area contributed by atoms with Crippen molar-refractivity contribution in [1.29, 1.82) is 0 Å². The van der Waals surface area contributed by atoms with Gasteiger partial charge in [0.1, 0.15) is 35.5 Å². The average molecular weight is 384 g/mol. The number of phenolic OH excluding ortho intramolecular Hbond substituents is 1. The normalized spacial score (nSPS) is 15.3. The number of allylic oxidation sites excluding steroid dienone is 1. The van der Waals surface area contributed by atoms with Crippen molar-refractivity contribution in [3.63, 3.8) is 0 Å². The molecule has 28 heavy (non-hydrogen) atoms. The second-order valence-corrected chi connectivity index (χ2v) is 6.76. The average Bonchev–Trinajstić information content (AvgIpc) is 2.67. The van der Waals surface area contributed by atoms with Crippen LogP contribution in [0.25, 0.3) is 0 Å². The van der Waals surface area contributed by atoms with Crippen molar-refractivity contribution in [2.45, 2.75) is 26.4 Å². The highest BCUT2D eigenvalue weighted by atomic mass is 16.5. The van der Waals surface area contributed by atoms with E-state index in [2.05, 4.69) is 0 Å². The number of ketones is 1. The number of aromatic hydroxyl groups is 1. The fraction of sp³-hybridized carbons (Fsp3) is 0.318. The van der Waals surface area contributed by atoms with Crippen LogP contribution in [-0.4, -0.2) is 31.7 Å². The van der Waals surface area contributed by atoms with Gasteiger partial charge in [-0.2, -0.15) is 0 Å². The first-order valence-electron chi connectivity index (χ1n) is 8.98. The summed E-state index contributed by atoms with van der Waals surface area (Å²) in [5.74, 6) is 1.58. The Hall–Kier alpha value is -3.15. The minimum absolute atomic E-state index is 0.119. The molecule has 0 saturated carbocycles. The fourth-order valence-corrected chi connectivity index (χ4v) is 3.02. The second kappa shape index (κ2) is 8.25. The van der Waals surface area contributed by atoms with Gasteiger partial charge in [-0.15, -0.1) is 0 Å². The summed E-state index contributed by atoms with van der Waals surface area (Å²) in [6, 6.07) is 8.47. The Bertz CT molecular complexity index is 911. The number of methoxy groups -OCH3 is 2. The quantitative estimate of drug-likeness (QED) is 0.741. The lowest BCUT2D eigenvalue weighted by atomic mass is 9.95. The van der Waals surface area contributed by atoms with Crippen LogP contribution in [0.15, 0.2) is 42.0 Å². The smallest absolute Gasteiger partial charge is 0.174 e. The number of Topliss-reactive ketones (excluding diaryl/α,β-unsaturated/α-hetero) is 1. The van der Waals surface area contributed by atoms with Gasteiger partial charge in [-0.1, -0.05) is 11.6 Å². The molecule has 0 amide bonds. The van der Waals surface area contributed by atoms with Crippen LogP contribution in [0.5, 0.6) is 28.7 Å². The predicted molar refractivity (Wildman–Crippen MR) is 105 cm³/mol. The van der Waals surface area contributed by atoms with Gasteiger partial charge in [0.25, 0.3) is 0 Å². The number of ether oxygens (including phenoxy) is 4. The zero-order valence-corrected chi connectivity index (χ0v) is 16.4. The first kappa shape index (κ1) is 19.6. The highest BCUT2D eigenvalue weighted by Crippen LogP contribution is 2.43. The van der Waals surface area contributed by atoms with Gasteiger partial charge < -0.3 is 24.1 Å². The lowest BCUT2D eigenvalue weighted by Gasteiger charge is -2.27. The molecule has 2 aromatic rings. The van der Waals surface area contributed by atoms with E-state index in [4.69, 9.17) is 18.9 Å². The molecular formula is C22H24O6. The van der Waals surface area contributed by atoms with Gasteiger partial charge in [-0.05, 0) is 37.6 Å². The number of benzene rings is 2. The van der Waals surface area contributed by atoms with Crippen molar-refractivity contribution in [1.82, 2.24) is 0 Å². The van der Waals surface area contributed by atoms with Crippen LogP contribution >= 0.6 is 0 Å². The molecular weight excluding hydrogens is 360 g/mol. The summed E-state index contributed by atoms with van der Waals surface area (Å²) in [5.41, 5.74) is 2.14. The van der Waals surface area contributed by atoms with Crippen LogP contribution < -0.4 is 18.9 Å². The minimum Gasteiger partial charge on any atom is -0.507 e. The Kier molecular flexibility index (Phi) is 5.78. The first-order valence-corrected chi connectivity index (χ1v) is 8.98. The SMILES string of the molecule is COc1cc(O)c2c(c1)O[C@H](c1ccc(OCC=C(C)C)c(OC)c1)CC2=O. The highest BCUT2D eigenvalue weighted by molar-refractivity contribution is 6.02. The summed E-state index contributed by atoms with van der Waals surface area (Å²) in [6.07, 6.45) is 1.60. The second-order valence-electron chi connectivity index (χ2n) is 6.76. The molecule has 1 heterocycles. The molecule has 1 atom stereocenters. The van der Waals surface area contributed by atoms with E-state index in [0.29, 0.717) is 29.6 Å². The zero-order chi connectivity index (χ0) is 20.3. The van der Waals surface area contributed by atoms with Crippen molar-refractivity contribution in [3.8, 4) is 28.7 Å². The number of carbonyl (C=O) groups is 1. The summed E-state index contributed by atoms with van der Waals surface area (Å²) in [5, 5.41) is 10.1. The van der Waals surface area contributed by atoms with Crippen molar-refractivity contribution < 1.29 is 28.8 Å². The lowest BCUT2D eigenvalue weighted by Crippen LogP contribution is -2.20. The molecule has 1 aliphatic heterocycles. The maximum Gasteiger partial charge on any atom is 0.174 e. The molecule has 1 aliphatic rings. The predicted octanol–water partition coefficient (Wildman–Crippen LogP) is 4.46. The van der Waals surface area contributed by atoms with Crippen LogP contribution in [0, 0.1) is 0 Å². The van der Waals surface area contributed by atoms with Crippen molar-refractivity contribution in [2.24, 2.45) is 0 Å². The number of phenols is 1. The molecule has 6 heteroatoms. The van der Waals surface area contributed by atoms with Gasteiger partial charge >= 0.3 is 0 Å². The van der Waals surface area contributed by atoms with Gasteiger partial charge in [-0.25, -0.2) is 0 Å². The number of hydrogen-bond donors (Lipinski definition) is 1. The van der Waals surface area contributed by atoms with Crippen LogP contribution in [0.3, 0.4) is 0 Å². The molecule has 148 valence electrons. The van der Waals surface area contributed by atoms with E-state index < -0.39 is 6.10 Å². The molecule has 0 bridgehead atoms. The van der Waals surface area contributed by atoms with E-state index in [1.165, 1.54) is 18.7 Å². The topological polar surface area (TPSA) is 74.2 Å². The Morgan fingerprint density at radius 2 is 1.96 bits per heavy atom. The van der Waals surface area contributed by atoms with Gasteiger partial charge in [0, 0.05) is 12.1 Å². The maximum absolute atomic E-state index is 12.6. The highest BCUT2D eigenvalue weighted by Gasteiger charge is 2.31. The van der Waals surface area contributed by atoms with E-state index in [0.717, 1.165) is 5.56 Å². The molecule has 0 spiro atoms. The Morgan fingerprint density at radius 3 is 2.64 bits per heavy atom. The van der Waals surface area contributed by atoms with E-state index in [1.54, 1.807) is 25.3 Å². The largest absolute Gasteiger partial charge is 0.507 e. The third kappa shape index (κ3) is 4.06. The fourth-order valence-electron chi connectivity index (χ4n) is 3.02. The molecule has 2 aromatic carbocycles. The Morgan fingerprint density at radius 1 is 1.18 bits per heavy atom. The zero-order valence-electron chi connectivity index (χ0n) is 16.4. The number of rotatable bonds is 6. The summed E-state index contributed by atoms with van der Waals surface area (Å²) in [7, 11) is 3.06. The van der Waals surface area contributed by atoms with E-state index in [1.807, 2.05) is 26.0 Å². The van der Waals surface area contributed by atoms with Crippen molar-refractivity contribution in [2.75, 3.05) is 20.8 Å². The van der Waals surface area contributed by atoms with Crippen LogP contribution in [0.2, 0.25) is 0 Å². The molecule has 1 N–H and O–H groups in total. The van der Waals surface area contributed by atoms with Crippen molar-refractivity contribution in [3.05, 3.63) is 53.1 Å². The van der Waals surface area contributed by atoms with E-state index in [9.17, 15) is 9.90 Å². The van der Waals surface area contributed by atoms with Crippen LogP contribution in [0.1, 0.15) is 42.3 Å². The summed E-state index contributed by atoms with van der Waals surface area (Å²) in [6.45, 7) is 4.46. The monoisotopic (exact) mass is 384 g/mol. The molecule has 0 radical (unpaired) electrons. The maximum atomic E-state index is 12.6. The van der Waals surface area contributed by atoms with Crippen molar-refractivity contribution >= 4 is 5.78 Å². The number of carbonyl (C=O) groups excluding carboxylic acids is 1. The van der Waals surface area contributed by atoms with Gasteiger partial charge in [0.2, 0.25) is 0 Å². The molecule has 0 saturated heterocycles. The molecule has 0 fully saturated rings. The van der Waals surface area contributed by atoms with Crippen LogP contribution in [-0.2, 0) is 0 Å². The first-order chi connectivity index (χ1) is 13.4. The van der Waals surface area contributed by atoms with Gasteiger partial charge in [-0.3, -0.25) is 4.79 Å². The lowest BCUT2D eigenvalue weighted by molar-refractivity contribution is 0.0844. The molecule has 3 rings (SSSR count). The van der Waals surface area contributed by atoms with Gasteiger partial charge in [0.15, 0.2) is 17.3 Å². The van der Waals surface area contributed by atoms with Crippen LogP contribution in [0.4, 0.5) is 0 Å². The van der Waals surface area contributed by atoms with E-state index in [-0.39, 0.29) is 23.5 Å². The third-order valence-corrected chi connectivity index (χ3v) is 4.50. The van der Waals surface area contributed by atoms with E-state index >= 15 is 0 Å². The Labute approximate surface area is 164 Å². The van der Waals surface area contributed by atoms with Gasteiger partial charge in [0.05, 0.1) is 20.6 Å². The molecule has 6 nitrogen and oxygen atoms in total. The standard InChI is InChI=1S/C22H24O6/c1-13(2)7-8-27-18-6-5-14(9-20(18)26-4)19-12-17(24)22-16(23)10-15(25-3)11-21(22)28-19/h5-7,9-11,19,23H,8,12H2,1-4H3/t19-/m0/s1. The minimum atomic E-state index is -0.493. The summed E-state index contributed by atoms with van der Waals surface area (Å²) < 4.78 is 22.3. The Balaban J connectivity index is 1.87. The summed E-state index contributed by atoms with van der Waals surface area (Å²) >= 11 is 0. The third-order valence-electron chi connectivity index (χ3n) is 4.50. The number of hydrogen-bond acceptors (Lipinski definition) is 6. The molecule has 0 aromatic heterocycles. The number of fused-ring (bicyclic) bond motifs is 1. The molecule has 0 aliphatic carbocycles.